The fourth-order valence-corrected chi connectivity index (χ4v) is 4.63. The number of ether oxygens (including phenoxy) is 1. The molecule has 0 aromatic heterocycles. The summed E-state index contributed by atoms with van der Waals surface area (Å²) in [5, 5.41) is 12.0. The first-order chi connectivity index (χ1) is 18.8. The Hall–Kier alpha value is -4.33. The minimum absolute atomic E-state index is 0.239. The number of fused-ring (bicyclic) bond motifs is 1. The number of nitrogens with zero attached hydrogens (tertiary/aromatic N) is 2. The van der Waals surface area contributed by atoms with Crippen molar-refractivity contribution in [2.75, 3.05) is 18.6 Å². The van der Waals surface area contributed by atoms with Crippen LogP contribution in [0.1, 0.15) is 36.5 Å². The van der Waals surface area contributed by atoms with E-state index < -0.39 is 24.1 Å². The summed E-state index contributed by atoms with van der Waals surface area (Å²) in [7, 11) is 1.33. The molecule has 2 N–H and O–H groups in total. The zero-order chi connectivity index (χ0) is 27.8. The van der Waals surface area contributed by atoms with Gasteiger partial charge in [-0.1, -0.05) is 66.7 Å². The minimum atomic E-state index is -1.21. The van der Waals surface area contributed by atoms with Gasteiger partial charge in [-0.25, -0.2) is 4.79 Å². The van der Waals surface area contributed by atoms with E-state index in [2.05, 4.69) is 17.4 Å². The number of aryl methyl sites for hydroxylation is 2. The molecule has 0 spiro atoms. The number of hydrogen-bond donors (Lipinski definition) is 2. The molecule has 2 atom stereocenters. The summed E-state index contributed by atoms with van der Waals surface area (Å²) >= 11 is 0. The highest BCUT2D eigenvalue weighted by Gasteiger charge is 2.33. The number of carboxylic acid groups (broad SMARTS) is 1. The predicted molar refractivity (Wildman–Crippen MR) is 150 cm³/mol. The quantitative estimate of drug-likeness (QED) is 0.372. The van der Waals surface area contributed by atoms with Crippen LogP contribution in [-0.4, -0.2) is 53.7 Å². The molecule has 1 aliphatic heterocycles. The Morgan fingerprint density at radius 2 is 1.72 bits per heavy atom. The standard InChI is InChI=1S/C31H35N3O5/c1-22(33(2)31(37)38)29(35)32-27-18-16-25-15-17-26(39-19-9-14-23-10-5-3-6-11-23)20-28(25)34(30(27)36)21-24-12-7-4-8-13-24/h3-8,10-13,15,17,20,22,27H,9,14,16,18-19,21H2,1-2H3,(H,32,35)(H,37,38)/t22-,27-/m0/s1. The number of anilines is 1. The van der Waals surface area contributed by atoms with Crippen molar-refractivity contribution in [1.82, 2.24) is 10.2 Å². The molecule has 0 bridgehead atoms. The maximum atomic E-state index is 13.8. The summed E-state index contributed by atoms with van der Waals surface area (Å²) in [6.07, 6.45) is 1.56. The molecule has 0 saturated heterocycles. The Morgan fingerprint density at radius 3 is 2.38 bits per heavy atom. The minimum Gasteiger partial charge on any atom is -0.494 e. The highest BCUT2D eigenvalue weighted by molar-refractivity contribution is 6.01. The lowest BCUT2D eigenvalue weighted by Gasteiger charge is -2.28. The maximum Gasteiger partial charge on any atom is 0.407 e. The van der Waals surface area contributed by atoms with Gasteiger partial charge < -0.3 is 20.1 Å². The number of benzene rings is 3. The van der Waals surface area contributed by atoms with Crippen molar-refractivity contribution in [3.8, 4) is 5.75 Å². The molecule has 0 radical (unpaired) electrons. The SMILES string of the molecule is C[C@@H](C(=O)N[C@H]1CCc2ccc(OCCCc3ccccc3)cc2N(Cc2ccccc2)C1=O)N(C)C(=O)O. The first-order valence-electron chi connectivity index (χ1n) is 13.2. The van der Waals surface area contributed by atoms with Crippen LogP contribution in [0.3, 0.4) is 0 Å². The number of nitrogens with one attached hydrogen (secondary N) is 1. The summed E-state index contributed by atoms with van der Waals surface area (Å²) in [6.45, 7) is 2.39. The van der Waals surface area contributed by atoms with Crippen LogP contribution >= 0.6 is 0 Å². The Morgan fingerprint density at radius 1 is 1.05 bits per heavy atom. The molecular formula is C31H35N3O5. The van der Waals surface area contributed by atoms with Crippen LogP contribution in [0.25, 0.3) is 0 Å². The lowest BCUT2D eigenvalue weighted by atomic mass is 10.1. The second-order valence-corrected chi connectivity index (χ2v) is 9.81. The Kier molecular flexibility index (Phi) is 9.20. The van der Waals surface area contributed by atoms with Crippen molar-refractivity contribution >= 4 is 23.6 Å². The fraction of sp³-hybridized carbons (Fsp3) is 0.323. The molecular weight excluding hydrogens is 494 g/mol. The van der Waals surface area contributed by atoms with Crippen LogP contribution < -0.4 is 15.0 Å². The van der Waals surface area contributed by atoms with Gasteiger partial charge in [0.2, 0.25) is 11.8 Å². The van der Waals surface area contributed by atoms with Gasteiger partial charge in [-0.2, -0.15) is 0 Å². The van der Waals surface area contributed by atoms with E-state index in [1.54, 1.807) is 4.90 Å². The van der Waals surface area contributed by atoms with Crippen LogP contribution in [0, 0.1) is 0 Å². The largest absolute Gasteiger partial charge is 0.494 e. The monoisotopic (exact) mass is 529 g/mol. The van der Waals surface area contributed by atoms with Crippen molar-refractivity contribution in [2.24, 2.45) is 0 Å². The van der Waals surface area contributed by atoms with E-state index in [1.807, 2.05) is 66.7 Å². The Bertz CT molecular complexity index is 1280. The van der Waals surface area contributed by atoms with Gasteiger partial charge in [0.1, 0.15) is 17.8 Å². The second-order valence-electron chi connectivity index (χ2n) is 9.81. The number of carbonyl (C=O) groups excluding carboxylic acids is 2. The van der Waals surface area contributed by atoms with Gasteiger partial charge in [0.15, 0.2) is 0 Å². The molecule has 0 fully saturated rings. The van der Waals surface area contributed by atoms with Gasteiger partial charge in [0.25, 0.3) is 0 Å². The lowest BCUT2D eigenvalue weighted by molar-refractivity contribution is -0.130. The van der Waals surface area contributed by atoms with Crippen molar-refractivity contribution < 1.29 is 24.2 Å². The van der Waals surface area contributed by atoms with Gasteiger partial charge in [-0.15, -0.1) is 0 Å². The molecule has 4 rings (SSSR count). The van der Waals surface area contributed by atoms with E-state index in [9.17, 15) is 19.5 Å². The summed E-state index contributed by atoms with van der Waals surface area (Å²) < 4.78 is 6.07. The number of carbonyl (C=O) groups is 3. The first-order valence-corrected chi connectivity index (χ1v) is 13.2. The smallest absolute Gasteiger partial charge is 0.407 e. The zero-order valence-electron chi connectivity index (χ0n) is 22.4. The molecule has 1 aliphatic rings. The summed E-state index contributed by atoms with van der Waals surface area (Å²) in [5.41, 5.74) is 3.97. The molecule has 3 aromatic rings. The van der Waals surface area contributed by atoms with Crippen molar-refractivity contribution in [2.45, 2.75) is 51.2 Å². The molecule has 3 aromatic carbocycles. The highest BCUT2D eigenvalue weighted by atomic mass is 16.5. The van der Waals surface area contributed by atoms with Crippen LogP contribution in [0.2, 0.25) is 0 Å². The lowest BCUT2D eigenvalue weighted by Crippen LogP contribution is -2.53. The molecule has 0 aliphatic carbocycles. The zero-order valence-corrected chi connectivity index (χ0v) is 22.4. The molecule has 0 unspecified atom stereocenters. The number of hydrogen-bond acceptors (Lipinski definition) is 4. The summed E-state index contributed by atoms with van der Waals surface area (Å²) in [4.78, 5) is 40.6. The van der Waals surface area contributed by atoms with Gasteiger partial charge >= 0.3 is 6.09 Å². The number of amides is 3. The fourth-order valence-electron chi connectivity index (χ4n) is 4.63. The van der Waals surface area contributed by atoms with Crippen molar-refractivity contribution in [1.29, 1.82) is 0 Å². The van der Waals surface area contributed by atoms with Crippen LogP contribution in [-0.2, 0) is 29.0 Å². The summed E-state index contributed by atoms with van der Waals surface area (Å²) in [6, 6.07) is 24.1. The van der Waals surface area contributed by atoms with Gasteiger partial charge in [0.05, 0.1) is 18.8 Å². The third-order valence-corrected chi connectivity index (χ3v) is 7.10. The number of likely N-dealkylation sites (N-methyl/N-ethyl adjacent to an activating group) is 1. The van der Waals surface area contributed by atoms with E-state index in [4.69, 9.17) is 4.74 Å². The highest BCUT2D eigenvalue weighted by Crippen LogP contribution is 2.32. The number of rotatable bonds is 10. The molecule has 0 saturated carbocycles. The van der Waals surface area contributed by atoms with Gasteiger partial charge in [-0.3, -0.25) is 14.5 Å². The summed E-state index contributed by atoms with van der Waals surface area (Å²) in [5.74, 6) is -0.0597. The molecule has 3 amide bonds. The normalized spacial score (nSPS) is 15.6. The third kappa shape index (κ3) is 7.16. The first kappa shape index (κ1) is 27.7. The predicted octanol–water partition coefficient (Wildman–Crippen LogP) is 4.66. The van der Waals surface area contributed by atoms with Crippen LogP contribution in [0.4, 0.5) is 10.5 Å². The van der Waals surface area contributed by atoms with Gasteiger partial charge in [0, 0.05) is 13.1 Å². The van der Waals surface area contributed by atoms with E-state index in [1.165, 1.54) is 19.5 Å². The molecule has 8 nitrogen and oxygen atoms in total. The molecule has 39 heavy (non-hydrogen) atoms. The average molecular weight is 530 g/mol. The Balaban J connectivity index is 1.52. The second kappa shape index (κ2) is 13.0. The molecule has 1 heterocycles. The van der Waals surface area contributed by atoms with Crippen molar-refractivity contribution in [3.63, 3.8) is 0 Å². The van der Waals surface area contributed by atoms with Crippen LogP contribution in [0.5, 0.6) is 5.75 Å². The molecule has 204 valence electrons. The third-order valence-electron chi connectivity index (χ3n) is 7.10. The maximum absolute atomic E-state index is 13.8. The van der Waals surface area contributed by atoms with Crippen molar-refractivity contribution in [3.05, 3.63) is 95.6 Å². The van der Waals surface area contributed by atoms with E-state index in [0.717, 1.165) is 34.6 Å². The molecule has 8 heteroatoms. The topological polar surface area (TPSA) is 99.2 Å². The average Bonchev–Trinajstić information content (AvgIpc) is 3.07. The van der Waals surface area contributed by atoms with E-state index in [-0.39, 0.29) is 5.91 Å². The van der Waals surface area contributed by atoms with Crippen LogP contribution in [0.15, 0.2) is 78.9 Å². The van der Waals surface area contributed by atoms with E-state index >= 15 is 0 Å². The van der Waals surface area contributed by atoms with E-state index in [0.29, 0.717) is 31.7 Å². The van der Waals surface area contributed by atoms with Gasteiger partial charge in [-0.05, 0) is 55.4 Å². The Labute approximate surface area is 229 Å².